The summed E-state index contributed by atoms with van der Waals surface area (Å²) >= 11 is 0. The van der Waals surface area contributed by atoms with Crippen molar-refractivity contribution in [1.82, 2.24) is 9.97 Å². The van der Waals surface area contributed by atoms with Crippen molar-refractivity contribution in [2.45, 2.75) is 19.3 Å². The molecule has 0 unspecified atom stereocenters. The minimum atomic E-state index is -0.435. The number of nitrogens with one attached hydrogen (secondary N) is 3. The van der Waals surface area contributed by atoms with Gasteiger partial charge < -0.3 is 14.7 Å². The number of carbonyl (C=O) groups excluding carboxylic acids is 1. The topological polar surface area (TPSA) is 69.9 Å². The van der Waals surface area contributed by atoms with Crippen LogP contribution in [0.1, 0.15) is 29.5 Å². The molecule has 2 aromatic heterocycles. The van der Waals surface area contributed by atoms with E-state index in [9.17, 15) is 4.79 Å². The highest BCUT2D eigenvalue weighted by Crippen LogP contribution is 2.38. The maximum atomic E-state index is 12.1. The highest BCUT2D eigenvalue weighted by molar-refractivity contribution is 5.89. The third-order valence-electron chi connectivity index (χ3n) is 5.95. The molecule has 0 spiro atoms. The smallest absolute Gasteiger partial charge is 0.411 e. The zero-order chi connectivity index (χ0) is 21.9. The van der Waals surface area contributed by atoms with Crippen LogP contribution in [0.4, 0.5) is 10.5 Å². The van der Waals surface area contributed by atoms with Gasteiger partial charge in [-0.2, -0.15) is 0 Å². The SMILES string of the molecule is CCOC(=O)Nc1ccccc1CC(c1c[nH]c2ccccc12)c1c[nH]c2ccccc12. The Bertz CT molecular complexity index is 1310. The summed E-state index contributed by atoms with van der Waals surface area (Å²) in [5.74, 6) is 0.0902. The molecular formula is C27H25N3O2. The number of fused-ring (bicyclic) bond motifs is 2. The van der Waals surface area contributed by atoms with Crippen molar-refractivity contribution in [3.8, 4) is 0 Å². The molecule has 3 aromatic carbocycles. The van der Waals surface area contributed by atoms with Crippen LogP contribution in [0, 0.1) is 0 Å². The maximum Gasteiger partial charge on any atom is 0.411 e. The van der Waals surface area contributed by atoms with Gasteiger partial charge in [-0.15, -0.1) is 0 Å². The van der Waals surface area contributed by atoms with E-state index in [0.29, 0.717) is 6.61 Å². The van der Waals surface area contributed by atoms with E-state index in [0.717, 1.165) is 28.7 Å². The summed E-state index contributed by atoms with van der Waals surface area (Å²) < 4.78 is 5.11. The molecule has 0 atom stereocenters. The van der Waals surface area contributed by atoms with Gasteiger partial charge in [-0.1, -0.05) is 54.6 Å². The molecule has 3 N–H and O–H groups in total. The lowest BCUT2D eigenvalue weighted by Crippen LogP contribution is -2.15. The first-order valence-electron chi connectivity index (χ1n) is 10.9. The Balaban J connectivity index is 1.61. The van der Waals surface area contributed by atoms with E-state index in [1.54, 1.807) is 6.92 Å². The summed E-state index contributed by atoms with van der Waals surface area (Å²) in [5.41, 5.74) is 6.53. The molecule has 5 heteroatoms. The van der Waals surface area contributed by atoms with Gasteiger partial charge in [0.1, 0.15) is 0 Å². The molecule has 0 saturated carbocycles. The van der Waals surface area contributed by atoms with Crippen LogP contribution < -0.4 is 5.32 Å². The second-order valence-electron chi connectivity index (χ2n) is 7.84. The second-order valence-corrected chi connectivity index (χ2v) is 7.84. The number of carbonyl (C=O) groups is 1. The van der Waals surface area contributed by atoms with E-state index >= 15 is 0 Å². The van der Waals surface area contributed by atoms with Crippen LogP contribution in [0.25, 0.3) is 21.8 Å². The molecular weight excluding hydrogens is 398 g/mol. The largest absolute Gasteiger partial charge is 0.450 e. The molecule has 0 aliphatic rings. The normalized spacial score (nSPS) is 11.3. The average Bonchev–Trinajstić information content (AvgIpc) is 3.43. The van der Waals surface area contributed by atoms with E-state index in [1.165, 1.54) is 21.9 Å². The van der Waals surface area contributed by atoms with Crippen LogP contribution in [0.15, 0.2) is 85.2 Å². The Hall–Kier alpha value is -3.99. The number of aromatic nitrogens is 2. The van der Waals surface area contributed by atoms with E-state index < -0.39 is 6.09 Å². The van der Waals surface area contributed by atoms with E-state index in [1.807, 2.05) is 30.3 Å². The second kappa shape index (κ2) is 8.63. The van der Waals surface area contributed by atoms with Gasteiger partial charge >= 0.3 is 6.09 Å². The summed E-state index contributed by atoms with van der Waals surface area (Å²) in [4.78, 5) is 19.0. The van der Waals surface area contributed by atoms with E-state index in [4.69, 9.17) is 4.74 Å². The van der Waals surface area contributed by atoms with Crippen molar-refractivity contribution in [3.05, 3.63) is 102 Å². The fourth-order valence-electron chi connectivity index (χ4n) is 4.47. The Morgan fingerprint density at radius 1 is 0.844 bits per heavy atom. The quantitative estimate of drug-likeness (QED) is 0.288. The van der Waals surface area contributed by atoms with Crippen LogP contribution in [0.3, 0.4) is 0 Å². The molecule has 1 amide bonds. The van der Waals surface area contributed by atoms with Crippen LogP contribution >= 0.6 is 0 Å². The lowest BCUT2D eigenvalue weighted by Gasteiger charge is -2.19. The fourth-order valence-corrected chi connectivity index (χ4v) is 4.47. The van der Waals surface area contributed by atoms with Gasteiger partial charge in [0.05, 0.1) is 6.61 Å². The molecule has 160 valence electrons. The van der Waals surface area contributed by atoms with Crippen molar-refractivity contribution < 1.29 is 9.53 Å². The number of amides is 1. The molecule has 32 heavy (non-hydrogen) atoms. The van der Waals surface area contributed by atoms with Crippen molar-refractivity contribution >= 4 is 33.6 Å². The predicted octanol–water partition coefficient (Wildman–Crippen LogP) is 6.59. The third kappa shape index (κ3) is 3.73. The molecule has 5 rings (SSSR count). The predicted molar refractivity (Wildman–Crippen MR) is 129 cm³/mol. The molecule has 5 aromatic rings. The van der Waals surface area contributed by atoms with Gasteiger partial charge in [-0.3, -0.25) is 5.32 Å². The maximum absolute atomic E-state index is 12.1. The number of benzene rings is 3. The number of rotatable bonds is 6. The molecule has 0 fully saturated rings. The summed E-state index contributed by atoms with van der Waals surface area (Å²) in [6, 6.07) is 24.7. The molecule has 0 saturated heterocycles. The molecule has 0 radical (unpaired) electrons. The Kier molecular flexibility index (Phi) is 5.38. The number of para-hydroxylation sites is 3. The first-order chi connectivity index (χ1) is 15.7. The van der Waals surface area contributed by atoms with Gasteiger partial charge in [0, 0.05) is 45.8 Å². The molecule has 2 heterocycles. The van der Waals surface area contributed by atoms with Crippen molar-refractivity contribution in [3.63, 3.8) is 0 Å². The molecule has 0 aliphatic carbocycles. The van der Waals surface area contributed by atoms with E-state index in [-0.39, 0.29) is 5.92 Å². The highest BCUT2D eigenvalue weighted by atomic mass is 16.5. The summed E-state index contributed by atoms with van der Waals surface area (Å²) in [6.45, 7) is 2.14. The van der Waals surface area contributed by atoms with Crippen LogP contribution in [0.2, 0.25) is 0 Å². The third-order valence-corrected chi connectivity index (χ3v) is 5.95. The van der Waals surface area contributed by atoms with Crippen molar-refractivity contribution in [2.75, 3.05) is 11.9 Å². The fraction of sp³-hybridized carbons (Fsp3) is 0.148. The molecule has 0 bridgehead atoms. The van der Waals surface area contributed by atoms with Gasteiger partial charge in [0.2, 0.25) is 0 Å². The highest BCUT2D eigenvalue weighted by Gasteiger charge is 2.23. The first kappa shape index (κ1) is 19.9. The molecule has 5 nitrogen and oxygen atoms in total. The average molecular weight is 424 g/mol. The Morgan fingerprint density at radius 3 is 2.03 bits per heavy atom. The van der Waals surface area contributed by atoms with E-state index in [2.05, 4.69) is 70.1 Å². The van der Waals surface area contributed by atoms with Crippen molar-refractivity contribution in [2.24, 2.45) is 0 Å². The number of aromatic amines is 2. The number of H-pyrrole nitrogens is 2. The van der Waals surface area contributed by atoms with Gasteiger partial charge in [-0.25, -0.2) is 4.79 Å². The Morgan fingerprint density at radius 2 is 1.41 bits per heavy atom. The number of hydrogen-bond acceptors (Lipinski definition) is 2. The van der Waals surface area contributed by atoms with Crippen LogP contribution in [0.5, 0.6) is 0 Å². The van der Waals surface area contributed by atoms with Gasteiger partial charge in [-0.05, 0) is 48.2 Å². The zero-order valence-corrected chi connectivity index (χ0v) is 17.9. The summed E-state index contributed by atoms with van der Waals surface area (Å²) in [7, 11) is 0. The number of hydrogen-bond donors (Lipinski definition) is 3. The summed E-state index contributed by atoms with van der Waals surface area (Å²) in [5, 5.41) is 5.32. The summed E-state index contributed by atoms with van der Waals surface area (Å²) in [6.07, 6.45) is 4.51. The van der Waals surface area contributed by atoms with Gasteiger partial charge in [0.15, 0.2) is 0 Å². The molecule has 0 aliphatic heterocycles. The lowest BCUT2D eigenvalue weighted by atomic mass is 9.85. The zero-order valence-electron chi connectivity index (χ0n) is 17.9. The minimum absolute atomic E-state index is 0.0902. The Labute approximate surface area is 186 Å². The van der Waals surface area contributed by atoms with Crippen LogP contribution in [-0.2, 0) is 11.2 Å². The monoisotopic (exact) mass is 423 g/mol. The minimum Gasteiger partial charge on any atom is -0.450 e. The standard InChI is InChI=1S/C27H25N3O2/c1-2-32-27(31)30-24-12-6-3-9-18(24)15-21(22-16-28-25-13-7-4-10-19(22)25)23-17-29-26-14-8-5-11-20(23)26/h3-14,16-17,21,28-29H,2,15H2,1H3,(H,30,31). The lowest BCUT2D eigenvalue weighted by molar-refractivity contribution is 0.168. The first-order valence-corrected chi connectivity index (χ1v) is 10.9. The van der Waals surface area contributed by atoms with Crippen LogP contribution in [-0.4, -0.2) is 22.7 Å². The van der Waals surface area contributed by atoms with Crippen molar-refractivity contribution in [1.29, 1.82) is 0 Å². The number of anilines is 1. The van der Waals surface area contributed by atoms with Gasteiger partial charge in [0.25, 0.3) is 0 Å². The number of ether oxygens (including phenoxy) is 1.